The molecule has 0 fully saturated rings. The Bertz CT molecular complexity index is 861. The third kappa shape index (κ3) is 4.08. The minimum atomic E-state index is -0.606. The number of rotatable bonds is 5. The molecule has 0 radical (unpaired) electrons. The van der Waals surface area contributed by atoms with Gasteiger partial charge >= 0.3 is 0 Å². The van der Waals surface area contributed by atoms with Crippen LogP contribution in [0.1, 0.15) is 59.1 Å². The lowest BCUT2D eigenvalue weighted by Gasteiger charge is -2.20. The highest BCUT2D eigenvalue weighted by molar-refractivity contribution is 6.08. The van der Waals surface area contributed by atoms with Crippen molar-refractivity contribution >= 4 is 11.4 Å². The van der Waals surface area contributed by atoms with Gasteiger partial charge in [-0.3, -0.25) is 0 Å². The van der Waals surface area contributed by atoms with E-state index in [1.165, 1.54) is 0 Å². The molecule has 0 unspecified atom stereocenters. The maximum Gasteiger partial charge on any atom is 0.233 e. The number of carbonyl (C=O) groups is 1. The molecule has 0 saturated carbocycles. The van der Waals surface area contributed by atoms with Gasteiger partial charge in [-0.15, -0.1) is 0 Å². The van der Waals surface area contributed by atoms with Gasteiger partial charge in [-0.1, -0.05) is 41.2 Å². The molecule has 0 aromatic heterocycles. The lowest BCUT2D eigenvalue weighted by Crippen LogP contribution is -2.21. The number of ketones is 1. The standard InChI is InChI=1S/C23H29NO3/c1-14(2)13-27-19-10-15-16(20(24-8)21(25)22(3,4)5)12-23(6,7)17(15)11-18(19)26-9/h10-11H,1,12-13H2,2-7,9H3/b20-16-. The molecule has 0 atom stereocenters. The number of carbonyl (C=O) groups excluding carboxylic acids is 1. The molecule has 1 aromatic carbocycles. The second-order valence-electron chi connectivity index (χ2n) is 8.87. The molecule has 1 aromatic rings. The van der Waals surface area contributed by atoms with E-state index in [1.54, 1.807) is 7.11 Å². The van der Waals surface area contributed by atoms with Crippen LogP contribution in [0.4, 0.5) is 0 Å². The van der Waals surface area contributed by atoms with E-state index in [2.05, 4.69) is 25.3 Å². The van der Waals surface area contributed by atoms with Crippen LogP contribution in [0.5, 0.6) is 11.5 Å². The number of benzene rings is 1. The van der Waals surface area contributed by atoms with Gasteiger partial charge in [0.2, 0.25) is 5.70 Å². The lowest BCUT2D eigenvalue weighted by molar-refractivity contribution is -0.122. The SMILES string of the molecule is [C-]#[N+]/C(C(=O)C(C)(C)C)=C1/CC(C)(C)c2cc(OC)c(OCC(=C)C)cc21. The second kappa shape index (κ2) is 7.23. The molecule has 0 bridgehead atoms. The van der Waals surface area contributed by atoms with Crippen molar-refractivity contribution in [2.24, 2.45) is 5.41 Å². The summed E-state index contributed by atoms with van der Waals surface area (Å²) in [6, 6.07) is 3.88. The summed E-state index contributed by atoms with van der Waals surface area (Å²) in [5.74, 6) is 1.12. The predicted octanol–water partition coefficient (Wildman–Crippen LogP) is 5.58. The highest BCUT2D eigenvalue weighted by atomic mass is 16.5. The topological polar surface area (TPSA) is 39.9 Å². The summed E-state index contributed by atoms with van der Waals surface area (Å²) in [6.45, 7) is 23.6. The van der Waals surface area contributed by atoms with Crippen LogP contribution < -0.4 is 9.47 Å². The molecule has 0 saturated heterocycles. The van der Waals surface area contributed by atoms with E-state index < -0.39 is 5.41 Å². The number of Topliss-reactive ketones (excluding diaryl/α,β-unsaturated/α-hetero) is 1. The van der Waals surface area contributed by atoms with Crippen LogP contribution in [-0.2, 0) is 10.2 Å². The Balaban J connectivity index is 2.71. The first-order chi connectivity index (χ1) is 12.4. The van der Waals surface area contributed by atoms with Crippen molar-refractivity contribution in [1.29, 1.82) is 0 Å². The summed E-state index contributed by atoms with van der Waals surface area (Å²) in [6.07, 6.45) is 0.634. The van der Waals surface area contributed by atoms with E-state index in [4.69, 9.17) is 16.0 Å². The van der Waals surface area contributed by atoms with E-state index in [-0.39, 0.29) is 16.9 Å². The minimum Gasteiger partial charge on any atom is -0.493 e. The van der Waals surface area contributed by atoms with Gasteiger partial charge in [0.05, 0.1) is 13.7 Å². The number of allylic oxidation sites excluding steroid dienone is 2. The van der Waals surface area contributed by atoms with Gasteiger partial charge in [-0.25, -0.2) is 4.85 Å². The fraction of sp³-hybridized carbons (Fsp3) is 0.478. The first-order valence-corrected chi connectivity index (χ1v) is 9.08. The molecule has 1 aliphatic carbocycles. The van der Waals surface area contributed by atoms with Crippen LogP contribution in [0.2, 0.25) is 0 Å². The molecule has 0 N–H and O–H groups in total. The number of hydrogen-bond acceptors (Lipinski definition) is 3. The average Bonchev–Trinajstić information content (AvgIpc) is 2.82. The molecule has 1 aliphatic rings. The van der Waals surface area contributed by atoms with E-state index in [0.717, 1.165) is 22.3 Å². The number of nitrogens with zero attached hydrogens (tertiary/aromatic N) is 1. The Morgan fingerprint density at radius 2 is 1.93 bits per heavy atom. The molecule has 0 aliphatic heterocycles. The van der Waals surface area contributed by atoms with E-state index >= 15 is 0 Å². The predicted molar refractivity (Wildman–Crippen MR) is 109 cm³/mol. The molecular formula is C23H29NO3. The fourth-order valence-electron chi connectivity index (χ4n) is 3.30. The number of ether oxygens (including phenoxy) is 2. The van der Waals surface area contributed by atoms with Crippen LogP contribution in [0.3, 0.4) is 0 Å². The maximum atomic E-state index is 12.9. The van der Waals surface area contributed by atoms with E-state index in [9.17, 15) is 4.79 Å². The fourth-order valence-corrected chi connectivity index (χ4v) is 3.30. The van der Waals surface area contributed by atoms with Gasteiger partial charge in [0, 0.05) is 5.41 Å². The Kier molecular flexibility index (Phi) is 5.56. The average molecular weight is 367 g/mol. The molecule has 27 heavy (non-hydrogen) atoms. The highest BCUT2D eigenvalue weighted by Gasteiger charge is 2.39. The summed E-state index contributed by atoms with van der Waals surface area (Å²) in [4.78, 5) is 16.5. The first kappa shape index (κ1) is 20.8. The summed E-state index contributed by atoms with van der Waals surface area (Å²) < 4.78 is 11.4. The zero-order valence-electron chi connectivity index (χ0n) is 17.4. The van der Waals surface area contributed by atoms with Gasteiger partial charge < -0.3 is 14.3 Å². The van der Waals surface area contributed by atoms with Crippen LogP contribution >= 0.6 is 0 Å². The van der Waals surface area contributed by atoms with Crippen molar-refractivity contribution in [2.75, 3.05) is 13.7 Å². The van der Waals surface area contributed by atoms with Crippen molar-refractivity contribution in [3.8, 4) is 11.5 Å². The van der Waals surface area contributed by atoms with Crippen LogP contribution in [0.25, 0.3) is 10.4 Å². The second-order valence-corrected chi connectivity index (χ2v) is 8.87. The van der Waals surface area contributed by atoms with Gasteiger partial charge in [0.1, 0.15) is 6.61 Å². The van der Waals surface area contributed by atoms with Crippen molar-refractivity contribution < 1.29 is 14.3 Å². The molecule has 0 heterocycles. The number of methoxy groups -OCH3 is 1. The molecular weight excluding hydrogens is 338 g/mol. The Morgan fingerprint density at radius 1 is 1.30 bits per heavy atom. The van der Waals surface area contributed by atoms with E-state index in [1.807, 2.05) is 39.8 Å². The zero-order chi connectivity index (χ0) is 20.6. The van der Waals surface area contributed by atoms with Crippen molar-refractivity contribution in [3.63, 3.8) is 0 Å². The van der Waals surface area contributed by atoms with Crippen LogP contribution in [-0.4, -0.2) is 19.5 Å². The van der Waals surface area contributed by atoms with Crippen molar-refractivity contribution in [1.82, 2.24) is 0 Å². The largest absolute Gasteiger partial charge is 0.493 e. The highest BCUT2D eigenvalue weighted by Crippen LogP contribution is 2.50. The maximum absolute atomic E-state index is 12.9. The van der Waals surface area contributed by atoms with Gasteiger partial charge in [-0.05, 0) is 53.2 Å². The quantitative estimate of drug-likeness (QED) is 0.388. The summed E-state index contributed by atoms with van der Waals surface area (Å²) in [5.41, 5.74) is 3.10. The Morgan fingerprint density at radius 3 is 2.41 bits per heavy atom. The normalized spacial score (nSPS) is 17.0. The Labute approximate surface area is 162 Å². The van der Waals surface area contributed by atoms with Crippen molar-refractivity contribution in [2.45, 2.75) is 53.4 Å². The zero-order valence-corrected chi connectivity index (χ0v) is 17.4. The molecule has 0 spiro atoms. The molecule has 0 amide bonds. The van der Waals surface area contributed by atoms with Gasteiger partial charge in [-0.2, -0.15) is 0 Å². The third-order valence-corrected chi connectivity index (χ3v) is 4.74. The van der Waals surface area contributed by atoms with Crippen molar-refractivity contribution in [3.05, 3.63) is 52.5 Å². The summed E-state index contributed by atoms with van der Waals surface area (Å²) in [7, 11) is 1.61. The number of hydrogen-bond donors (Lipinski definition) is 0. The van der Waals surface area contributed by atoms with Gasteiger partial charge in [0.15, 0.2) is 17.3 Å². The molecule has 2 rings (SSSR count). The monoisotopic (exact) mass is 367 g/mol. The molecule has 4 heteroatoms. The lowest BCUT2D eigenvalue weighted by atomic mass is 9.85. The van der Waals surface area contributed by atoms with Crippen LogP contribution in [0, 0.1) is 12.0 Å². The smallest absolute Gasteiger partial charge is 0.233 e. The summed E-state index contributed by atoms with van der Waals surface area (Å²) >= 11 is 0. The van der Waals surface area contributed by atoms with E-state index in [0.29, 0.717) is 24.5 Å². The Hall–Kier alpha value is -2.54. The molecule has 144 valence electrons. The van der Waals surface area contributed by atoms with Gasteiger partial charge in [0.25, 0.3) is 0 Å². The first-order valence-electron chi connectivity index (χ1n) is 9.08. The summed E-state index contributed by atoms with van der Waals surface area (Å²) in [5, 5.41) is 0. The number of fused-ring (bicyclic) bond motifs is 1. The van der Waals surface area contributed by atoms with Crippen LogP contribution in [0.15, 0.2) is 30.0 Å². The third-order valence-electron chi connectivity index (χ3n) is 4.74. The minimum absolute atomic E-state index is 0.128. The molecule has 4 nitrogen and oxygen atoms in total.